The number of carbonyl (C=O) groups excluding carboxylic acids is 1. The summed E-state index contributed by atoms with van der Waals surface area (Å²) in [5.41, 5.74) is 0.214. The minimum atomic E-state index is -0.230. The molecule has 0 spiro atoms. The van der Waals surface area contributed by atoms with Gasteiger partial charge in [0.1, 0.15) is 5.82 Å². The number of hydrogen-bond acceptors (Lipinski definition) is 5. The van der Waals surface area contributed by atoms with E-state index in [0.717, 1.165) is 19.4 Å². The molecule has 104 valence electrons. The largest absolute Gasteiger partial charge is 0.375 e. The van der Waals surface area contributed by atoms with Crippen molar-refractivity contribution in [2.45, 2.75) is 38.3 Å². The van der Waals surface area contributed by atoms with Crippen LogP contribution in [0.4, 0.5) is 5.82 Å². The highest BCUT2D eigenvalue weighted by molar-refractivity contribution is 5.91. The lowest BCUT2D eigenvalue weighted by Gasteiger charge is -2.35. The van der Waals surface area contributed by atoms with Crippen LogP contribution in [0.15, 0.2) is 12.1 Å². The molecule has 1 amide bonds. The van der Waals surface area contributed by atoms with Gasteiger partial charge in [0.2, 0.25) is 0 Å². The summed E-state index contributed by atoms with van der Waals surface area (Å²) in [5.74, 6) is 0.460. The quantitative estimate of drug-likeness (QED) is 0.858. The Balaban J connectivity index is 1.98. The Labute approximate surface area is 112 Å². The Kier molecular flexibility index (Phi) is 3.99. The van der Waals surface area contributed by atoms with Crippen LogP contribution in [0.1, 0.15) is 37.2 Å². The second-order valence-electron chi connectivity index (χ2n) is 5.33. The number of aromatic nitrogens is 2. The number of hydrogen-bond donors (Lipinski definition) is 2. The van der Waals surface area contributed by atoms with Crippen LogP contribution in [0.2, 0.25) is 0 Å². The topological polar surface area (TPSA) is 76.1 Å². The zero-order valence-corrected chi connectivity index (χ0v) is 11.6. The molecular formula is C13H20N4O2. The van der Waals surface area contributed by atoms with Crippen molar-refractivity contribution in [3.63, 3.8) is 0 Å². The molecule has 1 fully saturated rings. The van der Waals surface area contributed by atoms with Gasteiger partial charge >= 0.3 is 0 Å². The average molecular weight is 264 g/mol. The van der Waals surface area contributed by atoms with E-state index < -0.39 is 0 Å². The summed E-state index contributed by atoms with van der Waals surface area (Å²) in [6.07, 6.45) is 1.87. The van der Waals surface area contributed by atoms with Gasteiger partial charge in [-0.05, 0) is 38.8 Å². The van der Waals surface area contributed by atoms with E-state index in [1.807, 2.05) is 0 Å². The lowest BCUT2D eigenvalue weighted by molar-refractivity contribution is -0.0553. The van der Waals surface area contributed by atoms with E-state index in [1.54, 1.807) is 19.2 Å². The van der Waals surface area contributed by atoms with Crippen LogP contribution in [0, 0.1) is 0 Å². The molecule has 1 aromatic rings. The van der Waals surface area contributed by atoms with Gasteiger partial charge in [-0.1, -0.05) is 0 Å². The van der Waals surface area contributed by atoms with Crippen molar-refractivity contribution in [3.8, 4) is 0 Å². The third-order valence-corrected chi connectivity index (χ3v) is 3.17. The van der Waals surface area contributed by atoms with Gasteiger partial charge < -0.3 is 15.4 Å². The number of nitrogens with one attached hydrogen (secondary N) is 2. The molecule has 0 saturated carbocycles. The molecule has 2 N–H and O–H groups in total. The maximum atomic E-state index is 11.3. The smallest absolute Gasteiger partial charge is 0.271 e. The van der Waals surface area contributed by atoms with Crippen molar-refractivity contribution in [1.29, 1.82) is 0 Å². The van der Waals surface area contributed by atoms with E-state index in [-0.39, 0.29) is 11.5 Å². The van der Waals surface area contributed by atoms with E-state index in [1.165, 1.54) is 0 Å². The Morgan fingerprint density at radius 3 is 2.79 bits per heavy atom. The summed E-state index contributed by atoms with van der Waals surface area (Å²) in [6.45, 7) is 4.91. The van der Waals surface area contributed by atoms with Gasteiger partial charge in [0, 0.05) is 19.7 Å². The van der Waals surface area contributed by atoms with E-state index >= 15 is 0 Å². The number of amides is 1. The van der Waals surface area contributed by atoms with Crippen LogP contribution >= 0.6 is 0 Å². The summed E-state index contributed by atoms with van der Waals surface area (Å²) < 4.78 is 5.67. The molecule has 1 aliphatic heterocycles. The standard InChI is InChI=1S/C13H20N4O2/c1-13(2)8-9(6-7-19-13)15-11-5-4-10(16-17-11)12(18)14-3/h4-5,9H,6-8H2,1-3H3,(H,14,18)(H,15,17). The summed E-state index contributed by atoms with van der Waals surface area (Å²) in [6, 6.07) is 3.77. The Bertz CT molecular complexity index is 444. The van der Waals surface area contributed by atoms with Gasteiger partial charge in [0.05, 0.1) is 5.60 Å². The molecule has 1 aromatic heterocycles. The van der Waals surface area contributed by atoms with Crippen LogP contribution in [0.25, 0.3) is 0 Å². The van der Waals surface area contributed by atoms with Crippen molar-refractivity contribution in [2.75, 3.05) is 19.0 Å². The first-order chi connectivity index (χ1) is 9.00. The third-order valence-electron chi connectivity index (χ3n) is 3.17. The maximum absolute atomic E-state index is 11.3. The first kappa shape index (κ1) is 13.7. The maximum Gasteiger partial charge on any atom is 0.271 e. The SMILES string of the molecule is CNC(=O)c1ccc(NC2CCOC(C)(C)C2)nn1. The Morgan fingerprint density at radius 1 is 1.42 bits per heavy atom. The molecule has 2 heterocycles. The lowest BCUT2D eigenvalue weighted by atomic mass is 9.94. The molecule has 6 nitrogen and oxygen atoms in total. The summed E-state index contributed by atoms with van der Waals surface area (Å²) in [7, 11) is 1.57. The first-order valence-electron chi connectivity index (χ1n) is 6.46. The number of nitrogens with zero attached hydrogens (tertiary/aromatic N) is 2. The van der Waals surface area contributed by atoms with Crippen molar-refractivity contribution < 1.29 is 9.53 Å². The molecule has 1 atom stereocenters. The second kappa shape index (κ2) is 5.52. The monoisotopic (exact) mass is 264 g/mol. The molecule has 6 heteroatoms. The lowest BCUT2D eigenvalue weighted by Crippen LogP contribution is -2.40. The summed E-state index contributed by atoms with van der Waals surface area (Å²) in [5, 5.41) is 13.8. The highest BCUT2D eigenvalue weighted by atomic mass is 16.5. The van der Waals surface area contributed by atoms with Gasteiger partial charge in [0.15, 0.2) is 5.69 Å². The molecule has 0 bridgehead atoms. The van der Waals surface area contributed by atoms with Gasteiger partial charge in [-0.25, -0.2) is 0 Å². The van der Waals surface area contributed by atoms with Crippen molar-refractivity contribution >= 4 is 11.7 Å². The third kappa shape index (κ3) is 3.64. The molecule has 0 aliphatic carbocycles. The Hall–Kier alpha value is -1.69. The fraction of sp³-hybridized carbons (Fsp3) is 0.615. The number of anilines is 1. The number of ether oxygens (including phenoxy) is 1. The van der Waals surface area contributed by atoms with Gasteiger partial charge in [0.25, 0.3) is 5.91 Å². The minimum Gasteiger partial charge on any atom is -0.375 e. The zero-order valence-electron chi connectivity index (χ0n) is 11.6. The fourth-order valence-electron chi connectivity index (χ4n) is 2.22. The molecule has 1 saturated heterocycles. The number of carbonyl (C=O) groups is 1. The Morgan fingerprint density at radius 2 is 2.21 bits per heavy atom. The normalized spacial score (nSPS) is 21.7. The van der Waals surface area contributed by atoms with Crippen LogP contribution in [0.5, 0.6) is 0 Å². The molecule has 1 aliphatic rings. The summed E-state index contributed by atoms with van der Waals surface area (Å²) >= 11 is 0. The molecule has 19 heavy (non-hydrogen) atoms. The van der Waals surface area contributed by atoms with E-state index in [9.17, 15) is 4.79 Å². The number of rotatable bonds is 3. The molecule has 1 unspecified atom stereocenters. The second-order valence-corrected chi connectivity index (χ2v) is 5.33. The van der Waals surface area contributed by atoms with Crippen LogP contribution in [0.3, 0.4) is 0 Å². The van der Waals surface area contributed by atoms with E-state index in [0.29, 0.717) is 17.6 Å². The van der Waals surface area contributed by atoms with Crippen molar-refractivity contribution in [1.82, 2.24) is 15.5 Å². The average Bonchev–Trinajstić information content (AvgIpc) is 2.37. The predicted octanol–water partition coefficient (Wildman–Crippen LogP) is 1.21. The van der Waals surface area contributed by atoms with Crippen molar-refractivity contribution in [3.05, 3.63) is 17.8 Å². The minimum absolute atomic E-state index is 0.106. The summed E-state index contributed by atoms with van der Waals surface area (Å²) in [4.78, 5) is 11.3. The zero-order chi connectivity index (χ0) is 13.9. The van der Waals surface area contributed by atoms with Crippen LogP contribution in [-0.2, 0) is 4.74 Å². The first-order valence-corrected chi connectivity index (χ1v) is 6.46. The molecular weight excluding hydrogens is 244 g/mol. The van der Waals surface area contributed by atoms with Crippen LogP contribution < -0.4 is 10.6 Å². The van der Waals surface area contributed by atoms with Gasteiger partial charge in [-0.2, -0.15) is 0 Å². The van der Waals surface area contributed by atoms with Gasteiger partial charge in [-0.15, -0.1) is 10.2 Å². The molecule has 0 radical (unpaired) electrons. The van der Waals surface area contributed by atoms with Crippen LogP contribution in [-0.4, -0.2) is 41.4 Å². The van der Waals surface area contributed by atoms with E-state index in [4.69, 9.17) is 4.74 Å². The fourth-order valence-corrected chi connectivity index (χ4v) is 2.22. The highest BCUT2D eigenvalue weighted by Crippen LogP contribution is 2.25. The molecule has 0 aromatic carbocycles. The van der Waals surface area contributed by atoms with Gasteiger partial charge in [-0.3, -0.25) is 4.79 Å². The molecule has 2 rings (SSSR count). The van der Waals surface area contributed by atoms with Crippen molar-refractivity contribution in [2.24, 2.45) is 0 Å². The highest BCUT2D eigenvalue weighted by Gasteiger charge is 2.28. The predicted molar refractivity (Wildman–Crippen MR) is 72.1 cm³/mol. The van der Waals surface area contributed by atoms with E-state index in [2.05, 4.69) is 34.7 Å².